The first-order valence-electron chi connectivity index (χ1n) is 11.1. The number of nitrogens with zero attached hydrogens (tertiary/aromatic N) is 3. The zero-order valence-electron chi connectivity index (χ0n) is 19.8. The van der Waals surface area contributed by atoms with Crippen molar-refractivity contribution in [1.82, 2.24) is 14.5 Å². The van der Waals surface area contributed by atoms with Gasteiger partial charge in [0, 0.05) is 47.3 Å². The third-order valence-electron chi connectivity index (χ3n) is 5.67. The second-order valence-corrected chi connectivity index (χ2v) is 8.28. The Hall–Kier alpha value is -3.45. The number of benzene rings is 1. The maximum Gasteiger partial charge on any atom is 0.355 e. The van der Waals surface area contributed by atoms with Crippen LogP contribution in [0.5, 0.6) is 0 Å². The molecular weight excluding hydrogens is 454 g/mol. The smallest absolute Gasteiger partial charge is 0.355 e. The Morgan fingerprint density at radius 1 is 1.03 bits per heavy atom. The number of esters is 1. The zero-order chi connectivity index (χ0) is 24.8. The van der Waals surface area contributed by atoms with Crippen LogP contribution in [-0.4, -0.2) is 45.3 Å². The number of ketones is 1. The average Bonchev–Trinajstić information content (AvgIpc) is 3.08. The largest absolute Gasteiger partial charge is 0.461 e. The highest BCUT2D eigenvalue weighted by Gasteiger charge is 2.28. The van der Waals surface area contributed by atoms with E-state index in [2.05, 4.69) is 4.98 Å². The van der Waals surface area contributed by atoms with Gasteiger partial charge in [0.1, 0.15) is 5.69 Å². The molecular formula is C26H28ClN3O4. The van der Waals surface area contributed by atoms with Gasteiger partial charge < -0.3 is 14.2 Å². The van der Waals surface area contributed by atoms with Gasteiger partial charge in [-0.2, -0.15) is 0 Å². The van der Waals surface area contributed by atoms with Gasteiger partial charge >= 0.3 is 5.97 Å². The SMILES string of the molecule is CCOC(=O)c1c(C)c(C(=O)CN(Cc2ccncc2)C(=O)c2ccc(Cl)cc2)c(C)n1CC. The molecule has 8 heteroatoms. The van der Waals surface area contributed by atoms with Gasteiger partial charge in [0.2, 0.25) is 0 Å². The lowest BCUT2D eigenvalue weighted by Gasteiger charge is -2.22. The van der Waals surface area contributed by atoms with Crippen molar-refractivity contribution in [3.63, 3.8) is 0 Å². The van der Waals surface area contributed by atoms with E-state index >= 15 is 0 Å². The normalized spacial score (nSPS) is 10.7. The molecule has 0 unspecified atom stereocenters. The van der Waals surface area contributed by atoms with E-state index in [0.29, 0.717) is 39.6 Å². The highest BCUT2D eigenvalue weighted by atomic mass is 35.5. The molecule has 3 aromatic rings. The van der Waals surface area contributed by atoms with Crippen LogP contribution in [0.25, 0.3) is 0 Å². The summed E-state index contributed by atoms with van der Waals surface area (Å²) < 4.78 is 7.00. The lowest BCUT2D eigenvalue weighted by atomic mass is 10.0. The molecule has 0 aliphatic rings. The predicted octanol–water partition coefficient (Wildman–Crippen LogP) is 4.88. The molecule has 3 rings (SSSR count). The molecule has 34 heavy (non-hydrogen) atoms. The molecule has 0 atom stereocenters. The molecule has 0 fully saturated rings. The molecule has 0 bridgehead atoms. The monoisotopic (exact) mass is 481 g/mol. The summed E-state index contributed by atoms with van der Waals surface area (Å²) in [5.74, 6) is -1.00. The van der Waals surface area contributed by atoms with Crippen LogP contribution in [0.15, 0.2) is 48.8 Å². The van der Waals surface area contributed by atoms with Crippen molar-refractivity contribution in [1.29, 1.82) is 0 Å². The number of rotatable bonds is 9. The Kier molecular flexibility index (Phi) is 8.23. The van der Waals surface area contributed by atoms with Gasteiger partial charge in [-0.3, -0.25) is 14.6 Å². The predicted molar refractivity (Wildman–Crippen MR) is 130 cm³/mol. The number of aromatic nitrogens is 2. The van der Waals surface area contributed by atoms with Crippen molar-refractivity contribution in [3.05, 3.63) is 87.5 Å². The summed E-state index contributed by atoms with van der Waals surface area (Å²) in [6.07, 6.45) is 3.28. The number of carbonyl (C=O) groups is 3. The first kappa shape index (κ1) is 25.2. The van der Waals surface area contributed by atoms with Crippen LogP contribution in [0.2, 0.25) is 5.02 Å². The number of carbonyl (C=O) groups excluding carboxylic acids is 3. The van der Waals surface area contributed by atoms with Crippen LogP contribution in [0.1, 0.15) is 61.9 Å². The Morgan fingerprint density at radius 3 is 2.26 bits per heavy atom. The fourth-order valence-corrected chi connectivity index (χ4v) is 4.23. The fourth-order valence-electron chi connectivity index (χ4n) is 4.10. The van der Waals surface area contributed by atoms with E-state index < -0.39 is 5.97 Å². The van der Waals surface area contributed by atoms with Crippen molar-refractivity contribution in [2.45, 2.75) is 40.8 Å². The molecule has 0 spiro atoms. The molecule has 0 aliphatic carbocycles. The van der Waals surface area contributed by atoms with Gasteiger partial charge in [0.15, 0.2) is 5.78 Å². The number of hydrogen-bond acceptors (Lipinski definition) is 5. The number of halogens is 1. The minimum atomic E-state index is -0.463. The fraction of sp³-hybridized carbons (Fsp3) is 0.308. The van der Waals surface area contributed by atoms with E-state index in [4.69, 9.17) is 16.3 Å². The topological polar surface area (TPSA) is 81.5 Å². The van der Waals surface area contributed by atoms with Gasteiger partial charge in [-0.15, -0.1) is 0 Å². The van der Waals surface area contributed by atoms with E-state index in [9.17, 15) is 14.4 Å². The number of ether oxygens (including phenoxy) is 1. The van der Waals surface area contributed by atoms with Crippen LogP contribution < -0.4 is 0 Å². The van der Waals surface area contributed by atoms with Crippen molar-refractivity contribution < 1.29 is 19.1 Å². The van der Waals surface area contributed by atoms with E-state index in [0.717, 1.165) is 5.56 Å². The summed E-state index contributed by atoms with van der Waals surface area (Å²) in [4.78, 5) is 45.0. The van der Waals surface area contributed by atoms with Crippen LogP contribution >= 0.6 is 11.6 Å². The van der Waals surface area contributed by atoms with Crippen molar-refractivity contribution >= 4 is 29.3 Å². The first-order chi connectivity index (χ1) is 16.3. The molecule has 2 heterocycles. The van der Waals surface area contributed by atoms with Crippen LogP contribution in [0.4, 0.5) is 0 Å². The third-order valence-corrected chi connectivity index (χ3v) is 5.92. The van der Waals surface area contributed by atoms with Crippen LogP contribution in [0, 0.1) is 13.8 Å². The summed E-state index contributed by atoms with van der Waals surface area (Å²) in [7, 11) is 0. The van der Waals surface area contributed by atoms with Gasteiger partial charge in [0.25, 0.3) is 5.91 Å². The maximum atomic E-state index is 13.5. The highest BCUT2D eigenvalue weighted by Crippen LogP contribution is 2.25. The standard InChI is InChI=1S/C26H28ClN3O4/c1-5-30-18(4)23(17(3)24(30)26(33)34-6-2)22(31)16-29(15-19-11-13-28-14-12-19)25(32)20-7-9-21(27)10-8-20/h7-14H,5-6,15-16H2,1-4H3. The summed E-state index contributed by atoms with van der Waals surface area (Å²) in [6, 6.07) is 10.2. The molecule has 0 radical (unpaired) electrons. The van der Waals surface area contributed by atoms with Gasteiger partial charge in [-0.1, -0.05) is 11.6 Å². The molecule has 1 aromatic carbocycles. The molecule has 2 aromatic heterocycles. The molecule has 7 nitrogen and oxygen atoms in total. The molecule has 0 saturated heterocycles. The number of hydrogen-bond donors (Lipinski definition) is 0. The summed E-state index contributed by atoms with van der Waals surface area (Å²) in [6.45, 7) is 8.03. The molecule has 178 valence electrons. The summed E-state index contributed by atoms with van der Waals surface area (Å²) in [5.41, 5.74) is 3.32. The van der Waals surface area contributed by atoms with Crippen molar-refractivity contribution in [2.75, 3.05) is 13.2 Å². The maximum absolute atomic E-state index is 13.5. The molecule has 0 N–H and O–H groups in total. The Bertz CT molecular complexity index is 1190. The Balaban J connectivity index is 1.97. The van der Waals surface area contributed by atoms with Crippen molar-refractivity contribution in [3.8, 4) is 0 Å². The lowest BCUT2D eigenvalue weighted by Crippen LogP contribution is -2.35. The first-order valence-corrected chi connectivity index (χ1v) is 11.5. The molecule has 0 saturated carbocycles. The van der Waals surface area contributed by atoms with Gasteiger partial charge in [0.05, 0.1) is 13.2 Å². The second-order valence-electron chi connectivity index (χ2n) is 7.85. The minimum Gasteiger partial charge on any atom is -0.461 e. The van der Waals surface area contributed by atoms with E-state index in [1.54, 1.807) is 74.1 Å². The molecule has 0 aliphatic heterocycles. The van der Waals surface area contributed by atoms with Gasteiger partial charge in [-0.25, -0.2) is 4.79 Å². The number of pyridine rings is 1. The zero-order valence-corrected chi connectivity index (χ0v) is 20.6. The average molecular weight is 482 g/mol. The number of Topliss-reactive ketones (excluding diaryl/α,β-unsaturated/α-hetero) is 1. The quantitative estimate of drug-likeness (QED) is 0.321. The number of amides is 1. The van der Waals surface area contributed by atoms with E-state index in [1.807, 2.05) is 6.92 Å². The Labute approximate surface area is 204 Å². The Morgan fingerprint density at radius 2 is 1.68 bits per heavy atom. The molecule has 1 amide bonds. The van der Waals surface area contributed by atoms with Crippen molar-refractivity contribution in [2.24, 2.45) is 0 Å². The summed E-state index contributed by atoms with van der Waals surface area (Å²) >= 11 is 5.98. The van der Waals surface area contributed by atoms with E-state index in [1.165, 1.54) is 4.90 Å². The highest BCUT2D eigenvalue weighted by molar-refractivity contribution is 6.30. The third kappa shape index (κ3) is 5.37. The second kappa shape index (κ2) is 11.1. The van der Waals surface area contributed by atoms with Crippen LogP contribution in [-0.2, 0) is 17.8 Å². The van der Waals surface area contributed by atoms with Gasteiger partial charge in [-0.05, 0) is 75.2 Å². The van der Waals surface area contributed by atoms with E-state index in [-0.39, 0.29) is 31.4 Å². The summed E-state index contributed by atoms with van der Waals surface area (Å²) in [5, 5.41) is 0.520. The van der Waals surface area contributed by atoms with Crippen LogP contribution in [0.3, 0.4) is 0 Å². The minimum absolute atomic E-state index is 0.151. The lowest BCUT2D eigenvalue weighted by molar-refractivity contribution is 0.0512.